The number of para-hydroxylation sites is 1. The van der Waals surface area contributed by atoms with Gasteiger partial charge in [-0.25, -0.2) is 8.42 Å². The maximum absolute atomic E-state index is 13.2. The maximum Gasteiger partial charge on any atom is 0.201 e. The Kier molecular flexibility index (Phi) is 6.89. The molecule has 0 bridgehead atoms. The molecule has 0 radical (unpaired) electrons. The molecular weight excluding hydrogens is 659 g/mol. The molecule has 250 valence electrons. The van der Waals surface area contributed by atoms with E-state index in [1.807, 2.05) is 60.7 Å². The van der Waals surface area contributed by atoms with Crippen LogP contribution in [0.5, 0.6) is 0 Å². The van der Waals surface area contributed by atoms with Crippen molar-refractivity contribution in [2.24, 2.45) is 5.92 Å². The van der Waals surface area contributed by atoms with Crippen LogP contribution in [-0.4, -0.2) is 8.42 Å². The van der Waals surface area contributed by atoms with Gasteiger partial charge >= 0.3 is 0 Å². The average molecular weight is 692 g/mol. The van der Waals surface area contributed by atoms with E-state index in [0.29, 0.717) is 16.0 Å². The number of hydrogen-bond acceptors (Lipinski definition) is 4. The summed E-state index contributed by atoms with van der Waals surface area (Å²) in [5, 5.41) is 8.64. The lowest BCUT2D eigenvalue weighted by Gasteiger charge is -2.35. The van der Waals surface area contributed by atoms with E-state index in [1.54, 1.807) is 6.08 Å². The molecule has 8 aromatic rings. The molecule has 1 aliphatic heterocycles. The second kappa shape index (κ2) is 11.7. The molecule has 0 spiro atoms. The third-order valence-electron chi connectivity index (χ3n) is 10.7. The number of benzene rings is 7. The molecule has 2 aliphatic rings. The molecule has 1 aromatic heterocycles. The van der Waals surface area contributed by atoms with Crippen LogP contribution < -0.4 is 4.90 Å². The molecule has 1 aliphatic carbocycles. The minimum Gasteiger partial charge on any atom is -0.456 e. The fourth-order valence-corrected chi connectivity index (χ4v) is 9.63. The van der Waals surface area contributed by atoms with Crippen molar-refractivity contribution in [3.63, 3.8) is 0 Å². The van der Waals surface area contributed by atoms with Crippen molar-refractivity contribution in [2.75, 3.05) is 4.90 Å². The second-order valence-electron chi connectivity index (χ2n) is 13.8. The van der Waals surface area contributed by atoms with Gasteiger partial charge in [-0.15, -0.1) is 0 Å². The Bertz CT molecular complexity index is 2950. The lowest BCUT2D eigenvalue weighted by atomic mass is 9.81. The molecule has 4 nitrogen and oxygen atoms in total. The third-order valence-corrected chi connectivity index (χ3v) is 12.2. The Morgan fingerprint density at radius 3 is 1.96 bits per heavy atom. The first kappa shape index (κ1) is 30.6. The highest BCUT2D eigenvalue weighted by Gasteiger charge is 2.29. The first-order valence-corrected chi connectivity index (χ1v) is 19.2. The van der Waals surface area contributed by atoms with Crippen LogP contribution in [0.2, 0.25) is 0 Å². The highest BCUT2D eigenvalue weighted by molar-refractivity contribution is 8.03. The van der Waals surface area contributed by atoms with E-state index in [-0.39, 0.29) is 5.92 Å². The number of allylic oxidation sites excluding steroid dienone is 3. The number of nitrogens with zero attached hydrogens (tertiary/aromatic N) is 1. The average Bonchev–Trinajstić information content (AvgIpc) is 3.72. The molecule has 10 rings (SSSR count). The summed E-state index contributed by atoms with van der Waals surface area (Å²) in [6, 6.07) is 49.7. The predicted molar refractivity (Wildman–Crippen MR) is 216 cm³/mol. The summed E-state index contributed by atoms with van der Waals surface area (Å²) in [6.45, 7) is 2.32. The number of anilines is 2. The largest absolute Gasteiger partial charge is 0.456 e. The van der Waals surface area contributed by atoms with Crippen LogP contribution in [0.3, 0.4) is 0 Å². The van der Waals surface area contributed by atoms with E-state index >= 15 is 0 Å². The van der Waals surface area contributed by atoms with Gasteiger partial charge in [0.2, 0.25) is 9.84 Å². The molecular formula is C47H33NO3S. The van der Waals surface area contributed by atoms with Gasteiger partial charge in [0.1, 0.15) is 11.2 Å². The number of fused-ring (bicyclic) bond motifs is 9. The molecule has 2 heterocycles. The number of sulfone groups is 1. The number of furan rings is 1. The molecule has 1 unspecified atom stereocenters. The van der Waals surface area contributed by atoms with Crippen LogP contribution >= 0.6 is 0 Å². The van der Waals surface area contributed by atoms with E-state index in [0.717, 1.165) is 45.3 Å². The van der Waals surface area contributed by atoms with Crippen LogP contribution in [0.4, 0.5) is 11.4 Å². The normalized spacial score (nSPS) is 16.6. The van der Waals surface area contributed by atoms with Gasteiger partial charge in [-0.1, -0.05) is 116 Å². The molecule has 0 N–H and O–H groups in total. The molecule has 7 aromatic carbocycles. The van der Waals surface area contributed by atoms with Gasteiger partial charge in [-0.05, 0) is 104 Å². The van der Waals surface area contributed by atoms with E-state index < -0.39 is 9.84 Å². The highest BCUT2D eigenvalue weighted by atomic mass is 32.2. The fraction of sp³-hybridized carbons (Fsp3) is 0.0638. The SMILES string of the molecule is CC1Cc2c(c3ccccc3c3ccccc23)C=C1N(c1ccc(C2=CS(=O)(=O)C(c3ccccc3)=C2)cc1)c1ccc2oc3ccccc3c2c1. The quantitative estimate of drug-likeness (QED) is 0.169. The van der Waals surface area contributed by atoms with Crippen LogP contribution in [0.15, 0.2) is 167 Å². The van der Waals surface area contributed by atoms with Crippen LogP contribution in [0, 0.1) is 5.92 Å². The molecule has 52 heavy (non-hydrogen) atoms. The van der Waals surface area contributed by atoms with Gasteiger partial charge in [0.25, 0.3) is 0 Å². The van der Waals surface area contributed by atoms with Gasteiger partial charge in [0, 0.05) is 39.2 Å². The standard InChI is InChI=1S/C47H33NO3S/c1-30-25-41-38-15-7-5-13-36(38)37-14-6-8-16-39(37)42(41)28-44(30)48(35-23-24-46-43(27-35)40-17-9-10-18-45(40)51-46)34-21-19-31(20-22-34)33-26-47(52(49,50)29-33)32-11-3-2-4-12-32/h2-24,26-30H,25H2,1H3. The van der Waals surface area contributed by atoms with E-state index in [2.05, 4.69) is 103 Å². The van der Waals surface area contributed by atoms with Crippen molar-refractivity contribution >= 4 is 81.2 Å². The lowest BCUT2D eigenvalue weighted by Crippen LogP contribution is -2.25. The fourth-order valence-electron chi connectivity index (χ4n) is 8.20. The minimum atomic E-state index is -3.56. The second-order valence-corrected chi connectivity index (χ2v) is 15.6. The number of hydrogen-bond donors (Lipinski definition) is 0. The smallest absolute Gasteiger partial charge is 0.201 e. The van der Waals surface area contributed by atoms with E-state index in [9.17, 15) is 8.42 Å². The number of rotatable bonds is 5. The van der Waals surface area contributed by atoms with Gasteiger partial charge in [0.15, 0.2) is 0 Å². The topological polar surface area (TPSA) is 50.5 Å². The van der Waals surface area contributed by atoms with Gasteiger partial charge < -0.3 is 9.32 Å². The third kappa shape index (κ3) is 4.84. The van der Waals surface area contributed by atoms with Crippen LogP contribution in [0.25, 0.3) is 60.0 Å². The zero-order valence-electron chi connectivity index (χ0n) is 28.5. The Morgan fingerprint density at radius 1 is 0.577 bits per heavy atom. The minimum absolute atomic E-state index is 0.201. The molecule has 0 saturated carbocycles. The Hall–Kier alpha value is -6.17. The van der Waals surface area contributed by atoms with Crippen molar-refractivity contribution in [3.8, 4) is 0 Å². The Balaban J connectivity index is 1.15. The van der Waals surface area contributed by atoms with E-state index in [4.69, 9.17) is 4.42 Å². The highest BCUT2D eigenvalue weighted by Crippen LogP contribution is 2.45. The summed E-state index contributed by atoms with van der Waals surface area (Å²) in [5.74, 6) is 0.201. The van der Waals surface area contributed by atoms with Crippen molar-refractivity contribution in [1.82, 2.24) is 0 Å². The molecule has 1 atom stereocenters. The van der Waals surface area contributed by atoms with Crippen LogP contribution in [0.1, 0.15) is 29.2 Å². The monoisotopic (exact) mass is 691 g/mol. The van der Waals surface area contributed by atoms with Crippen molar-refractivity contribution < 1.29 is 12.8 Å². The van der Waals surface area contributed by atoms with E-state index in [1.165, 1.54) is 43.8 Å². The van der Waals surface area contributed by atoms with Crippen LogP contribution in [-0.2, 0) is 16.3 Å². The Labute approximate surface area is 302 Å². The summed E-state index contributed by atoms with van der Waals surface area (Å²) >= 11 is 0. The zero-order valence-corrected chi connectivity index (χ0v) is 29.3. The first-order valence-electron chi connectivity index (χ1n) is 17.6. The summed E-state index contributed by atoms with van der Waals surface area (Å²) in [5.41, 5.74) is 9.81. The van der Waals surface area contributed by atoms with Gasteiger partial charge in [-0.2, -0.15) is 0 Å². The Morgan fingerprint density at radius 2 is 1.19 bits per heavy atom. The lowest BCUT2D eigenvalue weighted by molar-refractivity contribution is 0.614. The first-order chi connectivity index (χ1) is 25.4. The molecule has 0 fully saturated rings. The van der Waals surface area contributed by atoms with Gasteiger partial charge in [-0.3, -0.25) is 0 Å². The molecule has 0 saturated heterocycles. The summed E-state index contributed by atoms with van der Waals surface area (Å²) in [7, 11) is -3.56. The summed E-state index contributed by atoms with van der Waals surface area (Å²) < 4.78 is 32.7. The van der Waals surface area contributed by atoms with Crippen molar-refractivity contribution in [1.29, 1.82) is 0 Å². The van der Waals surface area contributed by atoms with Gasteiger partial charge in [0.05, 0.1) is 4.91 Å². The maximum atomic E-state index is 13.2. The van der Waals surface area contributed by atoms with Crippen molar-refractivity contribution in [3.05, 3.63) is 185 Å². The zero-order chi connectivity index (χ0) is 35.0. The predicted octanol–water partition coefficient (Wildman–Crippen LogP) is 12.1. The summed E-state index contributed by atoms with van der Waals surface area (Å²) in [4.78, 5) is 2.70. The molecule has 0 amide bonds. The summed E-state index contributed by atoms with van der Waals surface area (Å²) in [6.07, 6.45) is 5.08. The molecule has 5 heteroatoms. The van der Waals surface area contributed by atoms with Crippen molar-refractivity contribution in [2.45, 2.75) is 13.3 Å².